The molecule has 1 saturated heterocycles. The molecule has 2 N–H and O–H groups in total. The quantitative estimate of drug-likeness (QED) is 0.844. The Bertz CT molecular complexity index is 408. The number of carbonyl (C=O) groups is 1. The number of piperidine rings is 1. The first kappa shape index (κ1) is 15.5. The van der Waals surface area contributed by atoms with Gasteiger partial charge in [-0.15, -0.1) is 11.3 Å². The lowest BCUT2D eigenvalue weighted by Crippen LogP contribution is -2.47. The summed E-state index contributed by atoms with van der Waals surface area (Å²) >= 11 is 1.63. The van der Waals surface area contributed by atoms with E-state index in [1.807, 2.05) is 24.4 Å². The highest BCUT2D eigenvalue weighted by atomic mass is 32.1. The van der Waals surface area contributed by atoms with Gasteiger partial charge < -0.3 is 15.4 Å². The molecule has 2 rings (SSSR count). The van der Waals surface area contributed by atoms with Gasteiger partial charge in [0.25, 0.3) is 0 Å². The highest BCUT2D eigenvalue weighted by Crippen LogP contribution is 2.29. The normalized spacial score (nSPS) is 19.5. The molecule has 0 aliphatic carbocycles. The molecule has 0 radical (unpaired) electrons. The molecule has 5 heteroatoms. The van der Waals surface area contributed by atoms with Gasteiger partial charge >= 0.3 is 0 Å². The number of amides is 1. The largest absolute Gasteiger partial charge is 0.384 e. The molecule has 0 bridgehead atoms. The summed E-state index contributed by atoms with van der Waals surface area (Å²) < 4.78 is 5.37. The van der Waals surface area contributed by atoms with Gasteiger partial charge in [0.2, 0.25) is 5.91 Å². The van der Waals surface area contributed by atoms with E-state index in [4.69, 9.17) is 4.74 Å². The molecule has 1 aliphatic heterocycles. The molecule has 112 valence electrons. The van der Waals surface area contributed by atoms with Gasteiger partial charge in [0.05, 0.1) is 12.5 Å². The lowest BCUT2D eigenvalue weighted by atomic mass is 9.79. The maximum absolute atomic E-state index is 12.3. The Hall–Kier alpha value is -0.910. The molecule has 1 amide bonds. The molecule has 2 heterocycles. The number of nitrogens with one attached hydrogen (secondary N) is 2. The fraction of sp³-hybridized carbons (Fsp3) is 0.667. The first-order valence-electron chi connectivity index (χ1n) is 7.18. The first-order chi connectivity index (χ1) is 9.67. The van der Waals surface area contributed by atoms with Crippen molar-refractivity contribution in [3.05, 3.63) is 22.4 Å². The topological polar surface area (TPSA) is 50.4 Å². The van der Waals surface area contributed by atoms with Crippen molar-refractivity contribution in [3.8, 4) is 0 Å². The summed E-state index contributed by atoms with van der Waals surface area (Å²) in [5, 5.41) is 8.50. The molecular weight excluding hydrogens is 272 g/mol. The van der Waals surface area contributed by atoms with Gasteiger partial charge in [-0.05, 0) is 44.3 Å². The van der Waals surface area contributed by atoms with Crippen molar-refractivity contribution in [1.29, 1.82) is 0 Å². The zero-order valence-electron chi connectivity index (χ0n) is 12.3. The standard InChI is InChI=1S/C15H24N2O2S/c1-12(13-4-3-9-20-13)14(18)17-10-15(11-19-2)5-7-16-8-6-15/h3-4,9,12,16H,5-8,10-11H2,1-2H3,(H,17,18). The first-order valence-corrected chi connectivity index (χ1v) is 8.06. The minimum atomic E-state index is -0.0729. The van der Waals surface area contributed by atoms with E-state index in [-0.39, 0.29) is 17.2 Å². The van der Waals surface area contributed by atoms with Crippen LogP contribution in [0, 0.1) is 5.41 Å². The van der Waals surface area contributed by atoms with E-state index in [0.29, 0.717) is 13.2 Å². The Morgan fingerprint density at radius 3 is 2.90 bits per heavy atom. The summed E-state index contributed by atoms with van der Waals surface area (Å²) in [6.45, 7) is 5.38. The molecule has 1 unspecified atom stereocenters. The summed E-state index contributed by atoms with van der Waals surface area (Å²) in [7, 11) is 1.74. The summed E-state index contributed by atoms with van der Waals surface area (Å²) in [5.74, 6) is 0.0396. The lowest BCUT2D eigenvalue weighted by Gasteiger charge is -2.37. The summed E-state index contributed by atoms with van der Waals surface area (Å²) in [5.41, 5.74) is 0.0881. The molecule has 0 saturated carbocycles. The molecule has 1 aliphatic rings. The van der Waals surface area contributed by atoms with Crippen molar-refractivity contribution >= 4 is 17.2 Å². The molecular formula is C15H24N2O2S. The van der Waals surface area contributed by atoms with E-state index in [2.05, 4.69) is 10.6 Å². The number of hydrogen-bond donors (Lipinski definition) is 2. The van der Waals surface area contributed by atoms with E-state index in [1.54, 1.807) is 18.4 Å². The van der Waals surface area contributed by atoms with Crippen LogP contribution in [0.25, 0.3) is 0 Å². The van der Waals surface area contributed by atoms with Gasteiger partial charge in [-0.3, -0.25) is 4.79 Å². The van der Waals surface area contributed by atoms with Crippen molar-refractivity contribution < 1.29 is 9.53 Å². The van der Waals surface area contributed by atoms with Crippen LogP contribution in [0.3, 0.4) is 0 Å². The van der Waals surface area contributed by atoms with Crippen molar-refractivity contribution in [3.63, 3.8) is 0 Å². The van der Waals surface area contributed by atoms with E-state index in [0.717, 1.165) is 30.8 Å². The van der Waals surface area contributed by atoms with Crippen LogP contribution in [0.4, 0.5) is 0 Å². The van der Waals surface area contributed by atoms with Crippen molar-refractivity contribution in [2.24, 2.45) is 5.41 Å². The smallest absolute Gasteiger partial charge is 0.228 e. The summed E-state index contributed by atoms with van der Waals surface area (Å²) in [4.78, 5) is 13.4. The van der Waals surface area contributed by atoms with Crippen LogP contribution < -0.4 is 10.6 Å². The Morgan fingerprint density at radius 1 is 1.55 bits per heavy atom. The number of methoxy groups -OCH3 is 1. The maximum Gasteiger partial charge on any atom is 0.228 e. The highest BCUT2D eigenvalue weighted by Gasteiger charge is 2.33. The lowest BCUT2D eigenvalue weighted by molar-refractivity contribution is -0.123. The van der Waals surface area contributed by atoms with Gasteiger partial charge in [0.15, 0.2) is 0 Å². The minimum Gasteiger partial charge on any atom is -0.384 e. The molecule has 0 spiro atoms. The zero-order chi connectivity index (χ0) is 14.4. The third-order valence-electron chi connectivity index (χ3n) is 4.12. The van der Waals surface area contributed by atoms with E-state index in [9.17, 15) is 4.79 Å². The predicted molar refractivity (Wildman–Crippen MR) is 82.2 cm³/mol. The Morgan fingerprint density at radius 2 is 2.30 bits per heavy atom. The SMILES string of the molecule is COCC1(CNC(=O)C(C)c2cccs2)CCNCC1. The third-order valence-corrected chi connectivity index (χ3v) is 5.17. The molecule has 1 fully saturated rings. The minimum absolute atomic E-state index is 0.0729. The second-order valence-corrected chi connectivity index (χ2v) is 6.62. The molecule has 1 atom stereocenters. The molecule has 0 aromatic carbocycles. The molecule has 4 nitrogen and oxygen atoms in total. The Kier molecular flexibility index (Phi) is 5.57. The summed E-state index contributed by atoms with van der Waals surface area (Å²) in [6.07, 6.45) is 2.10. The van der Waals surface area contributed by atoms with Crippen molar-refractivity contribution in [2.75, 3.05) is 33.4 Å². The van der Waals surface area contributed by atoms with Crippen LogP contribution in [0.5, 0.6) is 0 Å². The van der Waals surface area contributed by atoms with Crippen LogP contribution in [-0.4, -0.2) is 39.3 Å². The van der Waals surface area contributed by atoms with Crippen LogP contribution in [0.1, 0.15) is 30.6 Å². The summed E-state index contributed by atoms with van der Waals surface area (Å²) in [6, 6.07) is 4.01. The predicted octanol–water partition coefficient (Wildman–Crippen LogP) is 1.98. The third kappa shape index (κ3) is 3.81. The second-order valence-electron chi connectivity index (χ2n) is 5.64. The number of hydrogen-bond acceptors (Lipinski definition) is 4. The van der Waals surface area contributed by atoms with Gasteiger partial charge in [-0.2, -0.15) is 0 Å². The monoisotopic (exact) mass is 296 g/mol. The maximum atomic E-state index is 12.3. The van der Waals surface area contributed by atoms with Crippen LogP contribution in [0.2, 0.25) is 0 Å². The van der Waals surface area contributed by atoms with Gasteiger partial charge in [-0.1, -0.05) is 6.07 Å². The van der Waals surface area contributed by atoms with Crippen molar-refractivity contribution in [2.45, 2.75) is 25.7 Å². The van der Waals surface area contributed by atoms with Crippen LogP contribution in [-0.2, 0) is 9.53 Å². The van der Waals surface area contributed by atoms with Crippen LogP contribution >= 0.6 is 11.3 Å². The van der Waals surface area contributed by atoms with Crippen molar-refractivity contribution in [1.82, 2.24) is 10.6 Å². The average Bonchev–Trinajstić information content (AvgIpc) is 2.99. The van der Waals surface area contributed by atoms with Crippen LogP contribution in [0.15, 0.2) is 17.5 Å². The molecule has 1 aromatic heterocycles. The Labute approximate surface area is 124 Å². The van der Waals surface area contributed by atoms with E-state index < -0.39 is 0 Å². The number of thiophene rings is 1. The highest BCUT2D eigenvalue weighted by molar-refractivity contribution is 7.10. The number of ether oxygens (including phenoxy) is 1. The zero-order valence-corrected chi connectivity index (χ0v) is 13.1. The Balaban J connectivity index is 1.90. The van der Waals surface area contributed by atoms with Gasteiger partial charge in [0, 0.05) is 23.9 Å². The molecule has 1 aromatic rings. The average molecular weight is 296 g/mol. The van der Waals surface area contributed by atoms with E-state index >= 15 is 0 Å². The van der Waals surface area contributed by atoms with Gasteiger partial charge in [-0.25, -0.2) is 0 Å². The number of rotatable bonds is 6. The fourth-order valence-electron chi connectivity index (χ4n) is 2.73. The van der Waals surface area contributed by atoms with E-state index in [1.165, 1.54) is 0 Å². The molecule has 20 heavy (non-hydrogen) atoms. The number of carbonyl (C=O) groups excluding carboxylic acids is 1. The van der Waals surface area contributed by atoms with Gasteiger partial charge in [0.1, 0.15) is 0 Å². The second kappa shape index (κ2) is 7.20. The fourth-order valence-corrected chi connectivity index (χ4v) is 3.51.